The molecule has 0 spiro atoms. The Labute approximate surface area is 147 Å². The summed E-state index contributed by atoms with van der Waals surface area (Å²) in [6.45, 7) is 0. The number of benzene rings is 2. The number of aromatic nitrogens is 1. The fraction of sp³-hybridized carbons (Fsp3) is 0.158. The number of carbonyl (C=O) groups excluding carboxylic acids is 2. The Balaban J connectivity index is 1.70. The number of hydrogen-bond donors (Lipinski definition) is 3. The minimum Gasteiger partial charge on any atom is -0.358 e. The van der Waals surface area contributed by atoms with Crippen molar-refractivity contribution in [3.05, 3.63) is 54.2 Å². The Morgan fingerprint density at radius 3 is 2.77 bits per heavy atom. The van der Waals surface area contributed by atoms with Gasteiger partial charge in [0.1, 0.15) is 17.7 Å². The molecular weight excluding hydrogens is 340 g/mol. The van der Waals surface area contributed by atoms with Crippen LogP contribution in [0.25, 0.3) is 22.0 Å². The summed E-state index contributed by atoms with van der Waals surface area (Å²) < 4.78 is 27.9. The molecule has 1 aliphatic heterocycles. The van der Waals surface area contributed by atoms with Crippen LogP contribution in [-0.2, 0) is 9.59 Å². The van der Waals surface area contributed by atoms with E-state index in [0.717, 1.165) is 0 Å². The van der Waals surface area contributed by atoms with Crippen LogP contribution in [0.15, 0.2) is 42.6 Å². The molecule has 1 fully saturated rings. The summed E-state index contributed by atoms with van der Waals surface area (Å²) in [7, 11) is 0. The first-order chi connectivity index (χ1) is 12.5. The van der Waals surface area contributed by atoms with Crippen molar-refractivity contribution in [2.75, 3.05) is 5.32 Å². The predicted octanol–water partition coefficient (Wildman–Crippen LogP) is 3.33. The summed E-state index contributed by atoms with van der Waals surface area (Å²) in [6, 6.07) is 8.22. The van der Waals surface area contributed by atoms with E-state index in [-0.39, 0.29) is 17.1 Å². The van der Waals surface area contributed by atoms with Crippen molar-refractivity contribution in [3.63, 3.8) is 0 Å². The van der Waals surface area contributed by atoms with Gasteiger partial charge in [0.15, 0.2) is 0 Å². The van der Waals surface area contributed by atoms with Crippen molar-refractivity contribution in [1.29, 1.82) is 0 Å². The van der Waals surface area contributed by atoms with Crippen molar-refractivity contribution >= 4 is 28.4 Å². The number of halogens is 2. The Bertz CT molecular complexity index is 1030. The number of anilines is 1. The van der Waals surface area contributed by atoms with Gasteiger partial charge in [-0.15, -0.1) is 0 Å². The third-order valence-electron chi connectivity index (χ3n) is 4.46. The molecule has 4 rings (SSSR count). The van der Waals surface area contributed by atoms with Crippen LogP contribution in [0.4, 0.5) is 14.5 Å². The zero-order valence-corrected chi connectivity index (χ0v) is 13.6. The highest BCUT2D eigenvalue weighted by molar-refractivity contribution is 6.02. The van der Waals surface area contributed by atoms with Crippen molar-refractivity contribution in [1.82, 2.24) is 10.3 Å². The summed E-state index contributed by atoms with van der Waals surface area (Å²) in [5.41, 5.74) is 1.78. The lowest BCUT2D eigenvalue weighted by Crippen LogP contribution is -2.37. The third-order valence-corrected chi connectivity index (χ3v) is 4.46. The summed E-state index contributed by atoms with van der Waals surface area (Å²) in [5.74, 6) is -1.49. The molecule has 1 aliphatic rings. The van der Waals surface area contributed by atoms with E-state index in [0.29, 0.717) is 29.4 Å². The van der Waals surface area contributed by atoms with Gasteiger partial charge in [0.2, 0.25) is 11.8 Å². The van der Waals surface area contributed by atoms with Crippen molar-refractivity contribution in [2.45, 2.75) is 18.9 Å². The fourth-order valence-electron chi connectivity index (χ4n) is 3.20. The fourth-order valence-corrected chi connectivity index (χ4v) is 3.20. The van der Waals surface area contributed by atoms with E-state index in [9.17, 15) is 18.4 Å². The molecule has 3 aromatic rings. The minimum atomic E-state index is -0.616. The Hall–Kier alpha value is -3.22. The number of aromatic amines is 1. The molecule has 0 aliphatic carbocycles. The van der Waals surface area contributed by atoms with E-state index in [1.807, 2.05) is 0 Å². The monoisotopic (exact) mass is 355 g/mol. The van der Waals surface area contributed by atoms with Gasteiger partial charge in [0.25, 0.3) is 0 Å². The summed E-state index contributed by atoms with van der Waals surface area (Å²) in [4.78, 5) is 26.3. The van der Waals surface area contributed by atoms with Gasteiger partial charge in [-0.05, 0) is 36.2 Å². The van der Waals surface area contributed by atoms with Crippen molar-refractivity contribution < 1.29 is 18.4 Å². The minimum absolute atomic E-state index is 0.175. The molecule has 0 bridgehead atoms. The Kier molecular flexibility index (Phi) is 3.91. The maximum atomic E-state index is 14.4. The second-order valence-corrected chi connectivity index (χ2v) is 6.24. The predicted molar refractivity (Wildman–Crippen MR) is 93.4 cm³/mol. The van der Waals surface area contributed by atoms with Crippen LogP contribution in [0.5, 0.6) is 0 Å². The second-order valence-electron chi connectivity index (χ2n) is 6.24. The molecule has 26 heavy (non-hydrogen) atoms. The van der Waals surface area contributed by atoms with Crippen molar-refractivity contribution in [3.8, 4) is 11.1 Å². The second kappa shape index (κ2) is 6.25. The van der Waals surface area contributed by atoms with Crippen LogP contribution < -0.4 is 10.6 Å². The van der Waals surface area contributed by atoms with Crippen LogP contribution >= 0.6 is 0 Å². The molecule has 0 radical (unpaired) electrons. The van der Waals surface area contributed by atoms with Gasteiger partial charge in [0.05, 0.1) is 5.52 Å². The van der Waals surface area contributed by atoms with Gasteiger partial charge < -0.3 is 15.6 Å². The third kappa shape index (κ3) is 2.92. The van der Waals surface area contributed by atoms with Gasteiger partial charge >= 0.3 is 0 Å². The highest BCUT2D eigenvalue weighted by atomic mass is 19.1. The molecule has 2 heterocycles. The summed E-state index contributed by atoms with van der Waals surface area (Å²) in [6.07, 6.45) is 2.31. The van der Waals surface area contributed by atoms with E-state index in [1.165, 1.54) is 18.2 Å². The quantitative estimate of drug-likeness (QED) is 0.674. The lowest BCUT2D eigenvalue weighted by Gasteiger charge is -2.11. The van der Waals surface area contributed by atoms with Crippen LogP contribution in [0.1, 0.15) is 12.8 Å². The first-order valence-corrected chi connectivity index (χ1v) is 8.18. The number of hydrogen-bond acceptors (Lipinski definition) is 2. The molecule has 1 atom stereocenters. The molecule has 0 saturated carbocycles. The highest BCUT2D eigenvalue weighted by Gasteiger charge is 2.27. The first kappa shape index (κ1) is 16.3. The van der Waals surface area contributed by atoms with E-state index in [4.69, 9.17) is 0 Å². The Morgan fingerprint density at radius 1 is 1.19 bits per heavy atom. The van der Waals surface area contributed by atoms with Gasteiger partial charge in [-0.3, -0.25) is 9.59 Å². The lowest BCUT2D eigenvalue weighted by atomic mass is 10.0. The molecule has 5 nitrogen and oxygen atoms in total. The molecule has 1 aromatic heterocycles. The zero-order valence-electron chi connectivity index (χ0n) is 13.6. The normalized spacial score (nSPS) is 16.7. The lowest BCUT2D eigenvalue weighted by molar-refractivity contribution is -0.122. The molecular formula is C19H15F2N3O2. The van der Waals surface area contributed by atoms with E-state index >= 15 is 0 Å². The average Bonchev–Trinajstić information content (AvgIpc) is 3.21. The van der Waals surface area contributed by atoms with Gasteiger partial charge in [-0.1, -0.05) is 12.1 Å². The number of nitrogens with one attached hydrogen (secondary N) is 3. The summed E-state index contributed by atoms with van der Waals surface area (Å²) >= 11 is 0. The number of H-pyrrole nitrogens is 1. The van der Waals surface area contributed by atoms with Crippen LogP contribution in [0.2, 0.25) is 0 Å². The number of carbonyl (C=O) groups is 2. The van der Waals surface area contributed by atoms with Crippen LogP contribution in [0.3, 0.4) is 0 Å². The SMILES string of the molecule is O=C1CC[C@@H](C(=O)Nc2cc(F)c3[nH]cc(-c4cccc(F)c4)c3c2)N1. The maximum absolute atomic E-state index is 14.4. The summed E-state index contributed by atoms with van der Waals surface area (Å²) in [5, 5.41) is 5.74. The Morgan fingerprint density at radius 2 is 2.04 bits per heavy atom. The number of rotatable bonds is 3. The first-order valence-electron chi connectivity index (χ1n) is 8.18. The molecule has 2 aromatic carbocycles. The van der Waals surface area contributed by atoms with Crippen LogP contribution in [0, 0.1) is 11.6 Å². The average molecular weight is 355 g/mol. The van der Waals surface area contributed by atoms with Gasteiger partial charge in [-0.2, -0.15) is 0 Å². The standard InChI is InChI=1S/C19H15F2N3O2/c20-11-3-1-2-10(6-11)14-9-22-18-13(14)7-12(8-15(18)21)23-19(26)16-4-5-17(25)24-16/h1-3,6-9,16,22H,4-5H2,(H,23,26)(H,24,25)/t16-/m0/s1. The van der Waals surface area contributed by atoms with Crippen molar-refractivity contribution in [2.24, 2.45) is 0 Å². The molecule has 7 heteroatoms. The molecule has 3 N–H and O–H groups in total. The topological polar surface area (TPSA) is 74.0 Å². The molecule has 1 saturated heterocycles. The van der Waals surface area contributed by atoms with E-state index < -0.39 is 23.6 Å². The molecule has 132 valence electrons. The zero-order chi connectivity index (χ0) is 18.3. The number of fused-ring (bicyclic) bond motifs is 1. The largest absolute Gasteiger partial charge is 0.358 e. The maximum Gasteiger partial charge on any atom is 0.246 e. The van der Waals surface area contributed by atoms with E-state index in [1.54, 1.807) is 24.4 Å². The smallest absolute Gasteiger partial charge is 0.246 e. The van der Waals surface area contributed by atoms with Crippen LogP contribution in [-0.4, -0.2) is 22.8 Å². The molecule has 2 amide bonds. The van der Waals surface area contributed by atoms with Gasteiger partial charge in [-0.25, -0.2) is 8.78 Å². The van der Waals surface area contributed by atoms with E-state index in [2.05, 4.69) is 15.6 Å². The highest BCUT2D eigenvalue weighted by Crippen LogP contribution is 2.32. The van der Waals surface area contributed by atoms with Gasteiger partial charge in [0, 0.05) is 29.3 Å². The number of amides is 2. The molecule has 0 unspecified atom stereocenters.